The lowest BCUT2D eigenvalue weighted by atomic mass is 10.2. The van der Waals surface area contributed by atoms with Gasteiger partial charge in [0.25, 0.3) is 0 Å². The fraction of sp³-hybridized carbons (Fsp3) is 0.0714. The molecule has 0 bridgehead atoms. The number of carbonyl (C=O) groups is 1. The molecule has 9 heteroatoms. The number of carbonyl (C=O) groups excluding carboxylic acids is 1. The van der Waals surface area contributed by atoms with Gasteiger partial charge in [0.15, 0.2) is 11.6 Å². The van der Waals surface area contributed by atoms with Crippen molar-refractivity contribution in [3.05, 3.63) is 53.8 Å². The van der Waals surface area contributed by atoms with Crippen molar-refractivity contribution < 1.29 is 27.5 Å². The van der Waals surface area contributed by atoms with Gasteiger partial charge in [0.1, 0.15) is 5.69 Å². The third-order valence-electron chi connectivity index (χ3n) is 2.85. The highest BCUT2D eigenvalue weighted by atomic mass is 32.1. The van der Waals surface area contributed by atoms with E-state index in [1.165, 1.54) is 12.1 Å². The smallest absolute Gasteiger partial charge is 0.416 e. The molecule has 2 rings (SSSR count). The van der Waals surface area contributed by atoms with Crippen LogP contribution in [-0.4, -0.2) is 11.1 Å². The zero-order valence-electron chi connectivity index (χ0n) is 11.3. The van der Waals surface area contributed by atoms with E-state index < -0.39 is 29.3 Å². The fourth-order valence-corrected chi connectivity index (χ4v) is 1.91. The van der Waals surface area contributed by atoms with Gasteiger partial charge in [-0.25, -0.2) is 13.5 Å². The molecule has 4 nitrogen and oxygen atoms in total. The summed E-state index contributed by atoms with van der Waals surface area (Å²) in [4.78, 5) is 11.9. The highest BCUT2D eigenvalue weighted by Crippen LogP contribution is 2.32. The molecule has 0 aliphatic heterocycles. The molecule has 0 saturated carbocycles. The maximum Gasteiger partial charge on any atom is 0.416 e. The van der Waals surface area contributed by atoms with E-state index >= 15 is 0 Å². The Kier molecular flexibility index (Phi) is 4.69. The standard InChI is InChI=1S/C14H10F4N2O2S/c15-10-2-1-3-11(12(10)21)20(23)13(22)19-9-6-4-8(5-7-9)14(16,17)18/h1-7,21,23H,(H,19,22). The molecule has 2 aromatic rings. The van der Waals surface area contributed by atoms with Gasteiger partial charge in [-0.05, 0) is 36.4 Å². The molecule has 0 atom stereocenters. The lowest BCUT2D eigenvalue weighted by molar-refractivity contribution is -0.137. The van der Waals surface area contributed by atoms with Crippen molar-refractivity contribution in [3.8, 4) is 5.75 Å². The zero-order chi connectivity index (χ0) is 17.2. The highest BCUT2D eigenvalue weighted by molar-refractivity contribution is 7.82. The molecular formula is C14H10F4N2O2S. The molecule has 0 spiro atoms. The topological polar surface area (TPSA) is 52.6 Å². The summed E-state index contributed by atoms with van der Waals surface area (Å²) in [6.07, 6.45) is -4.48. The molecule has 2 amide bonds. The minimum atomic E-state index is -4.48. The summed E-state index contributed by atoms with van der Waals surface area (Å²) in [6.45, 7) is 0. The van der Waals surface area contributed by atoms with Crippen LogP contribution in [0.25, 0.3) is 0 Å². The van der Waals surface area contributed by atoms with Crippen molar-refractivity contribution in [2.24, 2.45) is 0 Å². The first kappa shape index (κ1) is 16.9. The average Bonchev–Trinajstić information content (AvgIpc) is 2.49. The number of urea groups is 1. The molecule has 0 aliphatic carbocycles. The maximum atomic E-state index is 13.2. The number of rotatable bonds is 2. The summed E-state index contributed by atoms with van der Waals surface area (Å²) in [5.41, 5.74) is -0.989. The third-order valence-corrected chi connectivity index (χ3v) is 3.25. The molecule has 0 aliphatic rings. The summed E-state index contributed by atoms with van der Waals surface area (Å²) in [7, 11) is 0. The summed E-state index contributed by atoms with van der Waals surface area (Å²) in [5.74, 6) is -1.71. The van der Waals surface area contributed by atoms with E-state index in [-0.39, 0.29) is 11.4 Å². The van der Waals surface area contributed by atoms with Crippen LogP contribution in [-0.2, 0) is 6.18 Å². The number of benzene rings is 2. The number of anilines is 2. The normalized spacial score (nSPS) is 11.2. The molecular weight excluding hydrogens is 336 g/mol. The second-order valence-electron chi connectivity index (χ2n) is 4.42. The number of amides is 2. The molecule has 0 fully saturated rings. The zero-order valence-corrected chi connectivity index (χ0v) is 12.2. The van der Waals surface area contributed by atoms with Crippen molar-refractivity contribution in [2.45, 2.75) is 6.18 Å². The van der Waals surface area contributed by atoms with Gasteiger partial charge in [-0.1, -0.05) is 18.9 Å². The predicted molar refractivity (Wildman–Crippen MR) is 80.0 cm³/mol. The summed E-state index contributed by atoms with van der Waals surface area (Å²) in [5, 5.41) is 11.8. The molecule has 0 saturated heterocycles. The Balaban J connectivity index is 2.14. The van der Waals surface area contributed by atoms with Gasteiger partial charge in [0, 0.05) is 5.69 Å². The summed E-state index contributed by atoms with van der Waals surface area (Å²) >= 11 is 3.84. The van der Waals surface area contributed by atoms with E-state index in [0.717, 1.165) is 30.3 Å². The second kappa shape index (κ2) is 6.37. The van der Waals surface area contributed by atoms with E-state index in [2.05, 4.69) is 18.1 Å². The Bertz CT molecular complexity index is 720. The van der Waals surface area contributed by atoms with Crippen LogP contribution in [0.3, 0.4) is 0 Å². The van der Waals surface area contributed by atoms with Crippen molar-refractivity contribution in [1.82, 2.24) is 0 Å². The number of halogens is 4. The lowest BCUT2D eigenvalue weighted by Crippen LogP contribution is -2.27. The number of nitrogens with zero attached hydrogens (tertiary/aromatic N) is 1. The monoisotopic (exact) mass is 346 g/mol. The van der Waals surface area contributed by atoms with Crippen LogP contribution in [0.2, 0.25) is 0 Å². The van der Waals surface area contributed by atoms with Gasteiger partial charge < -0.3 is 10.4 Å². The molecule has 2 N–H and O–H groups in total. The Hall–Kier alpha value is -2.42. The minimum absolute atomic E-state index is 0.0814. The van der Waals surface area contributed by atoms with E-state index in [1.807, 2.05) is 0 Å². The first-order valence-electron chi connectivity index (χ1n) is 6.15. The lowest BCUT2D eigenvalue weighted by Gasteiger charge is -2.18. The summed E-state index contributed by atoms with van der Waals surface area (Å²) in [6, 6.07) is 6.36. The van der Waals surface area contributed by atoms with Crippen molar-refractivity contribution in [1.29, 1.82) is 0 Å². The van der Waals surface area contributed by atoms with Crippen molar-refractivity contribution >= 4 is 30.2 Å². The number of nitrogens with one attached hydrogen (secondary N) is 1. The Morgan fingerprint density at radius 2 is 1.74 bits per heavy atom. The van der Waals surface area contributed by atoms with Gasteiger partial charge >= 0.3 is 12.2 Å². The molecule has 0 radical (unpaired) electrons. The third kappa shape index (κ3) is 3.86. The van der Waals surface area contributed by atoms with Gasteiger partial charge in [-0.2, -0.15) is 13.2 Å². The van der Waals surface area contributed by atoms with Crippen LogP contribution in [0.15, 0.2) is 42.5 Å². The molecule has 0 heterocycles. The van der Waals surface area contributed by atoms with Crippen LogP contribution in [0.4, 0.5) is 33.7 Å². The molecule has 2 aromatic carbocycles. The van der Waals surface area contributed by atoms with E-state index in [9.17, 15) is 27.5 Å². The van der Waals surface area contributed by atoms with Gasteiger partial charge in [0.05, 0.1) is 5.56 Å². The number of phenolic OH excluding ortho intramolecular Hbond substituents is 1. The molecule has 122 valence electrons. The first-order valence-corrected chi connectivity index (χ1v) is 6.55. The first-order chi connectivity index (χ1) is 10.7. The number of thiol groups is 1. The van der Waals surface area contributed by atoms with Crippen LogP contribution in [0, 0.1) is 5.82 Å². The van der Waals surface area contributed by atoms with Crippen LogP contribution in [0.1, 0.15) is 5.56 Å². The molecule has 23 heavy (non-hydrogen) atoms. The SMILES string of the molecule is O=C(Nc1ccc(C(F)(F)F)cc1)N(S)c1cccc(F)c1O. The molecule has 0 unspecified atom stereocenters. The Labute approximate surface area is 133 Å². The maximum absolute atomic E-state index is 13.2. The highest BCUT2D eigenvalue weighted by Gasteiger charge is 2.30. The Morgan fingerprint density at radius 3 is 2.30 bits per heavy atom. The number of alkyl halides is 3. The number of phenols is 1. The van der Waals surface area contributed by atoms with Gasteiger partial charge in [-0.3, -0.25) is 0 Å². The second-order valence-corrected chi connectivity index (χ2v) is 4.82. The fourth-order valence-electron chi connectivity index (χ4n) is 1.70. The minimum Gasteiger partial charge on any atom is -0.503 e. The van der Waals surface area contributed by atoms with Gasteiger partial charge in [0.2, 0.25) is 0 Å². The molecule has 0 aromatic heterocycles. The quantitative estimate of drug-likeness (QED) is 0.556. The number of aromatic hydroxyl groups is 1. The van der Waals surface area contributed by atoms with E-state index in [0.29, 0.717) is 4.31 Å². The predicted octanol–water partition coefficient (Wildman–Crippen LogP) is 4.43. The van der Waals surface area contributed by atoms with Crippen molar-refractivity contribution in [3.63, 3.8) is 0 Å². The van der Waals surface area contributed by atoms with Crippen LogP contribution >= 0.6 is 12.8 Å². The van der Waals surface area contributed by atoms with Crippen LogP contribution < -0.4 is 9.62 Å². The van der Waals surface area contributed by atoms with Crippen LogP contribution in [0.5, 0.6) is 5.75 Å². The number of hydrogen-bond donors (Lipinski definition) is 3. The van der Waals surface area contributed by atoms with E-state index in [1.54, 1.807) is 0 Å². The van der Waals surface area contributed by atoms with Gasteiger partial charge in [-0.15, -0.1) is 0 Å². The van der Waals surface area contributed by atoms with E-state index in [4.69, 9.17) is 0 Å². The Morgan fingerprint density at radius 1 is 1.13 bits per heavy atom. The van der Waals surface area contributed by atoms with Crippen molar-refractivity contribution in [2.75, 3.05) is 9.62 Å². The number of hydrogen-bond acceptors (Lipinski definition) is 3. The summed E-state index contributed by atoms with van der Waals surface area (Å²) < 4.78 is 51.2. The number of para-hydroxylation sites is 1. The largest absolute Gasteiger partial charge is 0.503 e. The average molecular weight is 346 g/mol.